The Labute approximate surface area is 240 Å². The van der Waals surface area contributed by atoms with Crippen molar-refractivity contribution in [3.05, 3.63) is 97.9 Å². The Morgan fingerprint density at radius 3 is 2.56 bits per heavy atom. The largest absolute Gasteiger partial charge is 0.493 e. The van der Waals surface area contributed by atoms with E-state index in [0.29, 0.717) is 40.2 Å². The molecule has 0 unspecified atom stereocenters. The fourth-order valence-electron chi connectivity index (χ4n) is 4.42. The zero-order valence-electron chi connectivity index (χ0n) is 21.0. The number of carbonyl (C=O) groups excluding carboxylic acids is 3. The SMILES string of the molecule is COc1cc(/C=C2\SC(=O)N(CC(=O)N3CCc4ccccc4C3)C2=O)ccc1OCc1ccc(Cl)c(Cl)c1. The van der Waals surface area contributed by atoms with Gasteiger partial charge < -0.3 is 14.4 Å². The number of benzene rings is 3. The molecule has 2 heterocycles. The molecule has 5 rings (SSSR count). The lowest BCUT2D eigenvalue weighted by atomic mass is 10.00. The molecule has 0 atom stereocenters. The lowest BCUT2D eigenvalue weighted by Crippen LogP contribution is -2.44. The first-order valence-electron chi connectivity index (χ1n) is 12.2. The molecular weight excluding hydrogens is 559 g/mol. The molecule has 1 saturated heterocycles. The molecule has 0 N–H and O–H groups in total. The quantitative estimate of drug-likeness (QED) is 0.309. The van der Waals surface area contributed by atoms with Crippen LogP contribution in [0.1, 0.15) is 22.3 Å². The Morgan fingerprint density at radius 2 is 1.79 bits per heavy atom. The van der Waals surface area contributed by atoms with E-state index in [0.717, 1.165) is 34.2 Å². The molecule has 0 saturated carbocycles. The highest BCUT2D eigenvalue weighted by Gasteiger charge is 2.37. The number of nitrogens with zero attached hydrogens (tertiary/aromatic N) is 2. The summed E-state index contributed by atoms with van der Waals surface area (Å²) in [6, 6.07) is 18.4. The van der Waals surface area contributed by atoms with Crippen LogP contribution in [0.25, 0.3) is 6.08 Å². The van der Waals surface area contributed by atoms with Gasteiger partial charge in [0.15, 0.2) is 11.5 Å². The summed E-state index contributed by atoms with van der Waals surface area (Å²) in [4.78, 5) is 41.6. The van der Waals surface area contributed by atoms with Crippen LogP contribution in [0, 0.1) is 0 Å². The average Bonchev–Trinajstić information content (AvgIpc) is 3.20. The number of fused-ring (bicyclic) bond motifs is 1. The van der Waals surface area contributed by atoms with Gasteiger partial charge in [-0.05, 0) is 70.8 Å². The molecule has 3 amide bonds. The molecule has 2 aliphatic heterocycles. The number of carbonyl (C=O) groups is 3. The maximum Gasteiger partial charge on any atom is 0.294 e. The molecule has 2 aliphatic rings. The van der Waals surface area contributed by atoms with Crippen molar-refractivity contribution in [3.8, 4) is 11.5 Å². The molecule has 0 aromatic heterocycles. The molecule has 0 aliphatic carbocycles. The van der Waals surface area contributed by atoms with Crippen LogP contribution in [-0.2, 0) is 29.2 Å². The maximum atomic E-state index is 13.0. The molecule has 7 nitrogen and oxygen atoms in total. The number of hydrogen-bond donors (Lipinski definition) is 0. The van der Waals surface area contributed by atoms with Crippen molar-refractivity contribution in [1.82, 2.24) is 9.80 Å². The summed E-state index contributed by atoms with van der Waals surface area (Å²) in [5, 5.41) is 0.441. The first-order chi connectivity index (χ1) is 18.8. The van der Waals surface area contributed by atoms with Crippen LogP contribution >= 0.6 is 35.0 Å². The van der Waals surface area contributed by atoms with Crippen molar-refractivity contribution in [2.24, 2.45) is 0 Å². The van der Waals surface area contributed by atoms with E-state index in [1.807, 2.05) is 24.3 Å². The molecule has 0 spiro atoms. The van der Waals surface area contributed by atoms with Gasteiger partial charge >= 0.3 is 0 Å². The third kappa shape index (κ3) is 6.08. The van der Waals surface area contributed by atoms with Gasteiger partial charge in [-0.25, -0.2) is 0 Å². The van der Waals surface area contributed by atoms with Gasteiger partial charge in [-0.15, -0.1) is 0 Å². The number of thioether (sulfide) groups is 1. The zero-order chi connectivity index (χ0) is 27.5. The van der Waals surface area contributed by atoms with Crippen molar-refractivity contribution in [1.29, 1.82) is 0 Å². The van der Waals surface area contributed by atoms with Crippen LogP contribution in [0.4, 0.5) is 4.79 Å². The van der Waals surface area contributed by atoms with E-state index in [1.165, 1.54) is 12.7 Å². The van der Waals surface area contributed by atoms with Gasteiger partial charge in [-0.1, -0.05) is 59.6 Å². The van der Waals surface area contributed by atoms with E-state index in [-0.39, 0.29) is 24.0 Å². The number of imide groups is 1. The normalized spacial score (nSPS) is 16.0. The lowest BCUT2D eigenvalue weighted by Gasteiger charge is -2.29. The summed E-state index contributed by atoms with van der Waals surface area (Å²) in [6.45, 7) is 0.999. The highest BCUT2D eigenvalue weighted by Crippen LogP contribution is 2.35. The van der Waals surface area contributed by atoms with Crippen molar-refractivity contribution < 1.29 is 23.9 Å². The lowest BCUT2D eigenvalue weighted by molar-refractivity contribution is -0.136. The van der Waals surface area contributed by atoms with E-state index < -0.39 is 11.1 Å². The van der Waals surface area contributed by atoms with Crippen molar-refractivity contribution in [2.45, 2.75) is 19.6 Å². The van der Waals surface area contributed by atoms with E-state index >= 15 is 0 Å². The highest BCUT2D eigenvalue weighted by molar-refractivity contribution is 8.18. The first kappa shape index (κ1) is 27.1. The monoisotopic (exact) mass is 582 g/mol. The maximum absolute atomic E-state index is 13.0. The van der Waals surface area contributed by atoms with Gasteiger partial charge in [0, 0.05) is 13.1 Å². The standard InChI is InChI=1S/C29H24Cl2N2O5S/c1-37-25-13-18(7-9-24(25)38-17-19-6-8-22(30)23(31)12-19)14-26-28(35)33(29(36)39-26)16-27(34)32-11-10-20-4-2-3-5-21(20)15-32/h2-9,12-14H,10-11,15-17H2,1H3/b26-14-. The number of hydrogen-bond acceptors (Lipinski definition) is 6. The minimum atomic E-state index is -0.491. The summed E-state index contributed by atoms with van der Waals surface area (Å²) in [7, 11) is 1.52. The summed E-state index contributed by atoms with van der Waals surface area (Å²) in [6.07, 6.45) is 2.36. The minimum absolute atomic E-state index is 0.239. The van der Waals surface area contributed by atoms with Crippen LogP contribution in [0.5, 0.6) is 11.5 Å². The number of halogens is 2. The predicted molar refractivity (Wildman–Crippen MR) is 152 cm³/mol. The third-order valence-corrected chi connectivity index (χ3v) is 8.16. The predicted octanol–water partition coefficient (Wildman–Crippen LogP) is 6.20. The molecule has 0 radical (unpaired) electrons. The summed E-state index contributed by atoms with van der Waals surface area (Å²) in [5.74, 6) is 0.221. The van der Waals surface area contributed by atoms with E-state index in [2.05, 4.69) is 6.07 Å². The molecule has 3 aromatic carbocycles. The van der Waals surface area contributed by atoms with Crippen LogP contribution in [0.3, 0.4) is 0 Å². The van der Waals surface area contributed by atoms with Gasteiger partial charge in [0.1, 0.15) is 13.2 Å². The molecule has 1 fully saturated rings. The summed E-state index contributed by atoms with van der Waals surface area (Å²) >= 11 is 12.9. The van der Waals surface area contributed by atoms with Crippen molar-refractivity contribution >= 4 is 58.1 Å². The molecule has 10 heteroatoms. The van der Waals surface area contributed by atoms with E-state index in [9.17, 15) is 14.4 Å². The van der Waals surface area contributed by atoms with Crippen LogP contribution in [-0.4, -0.2) is 47.1 Å². The Hall–Kier alpha value is -3.46. The summed E-state index contributed by atoms with van der Waals surface area (Å²) < 4.78 is 11.4. The Bertz CT molecular complexity index is 1490. The Kier molecular flexibility index (Phi) is 8.16. The second kappa shape index (κ2) is 11.7. The van der Waals surface area contributed by atoms with Gasteiger partial charge in [0.05, 0.1) is 22.1 Å². The van der Waals surface area contributed by atoms with Crippen LogP contribution in [0.15, 0.2) is 65.6 Å². The van der Waals surface area contributed by atoms with Crippen molar-refractivity contribution in [2.75, 3.05) is 20.2 Å². The van der Waals surface area contributed by atoms with Gasteiger partial charge in [-0.3, -0.25) is 19.3 Å². The molecule has 200 valence electrons. The Morgan fingerprint density at radius 1 is 1.00 bits per heavy atom. The number of methoxy groups -OCH3 is 1. The molecule has 3 aromatic rings. The molecular formula is C29H24Cl2N2O5S. The van der Waals surface area contributed by atoms with Crippen LogP contribution in [0.2, 0.25) is 10.0 Å². The molecule has 0 bridgehead atoms. The van der Waals surface area contributed by atoms with Crippen LogP contribution < -0.4 is 9.47 Å². The second-order valence-corrected chi connectivity index (χ2v) is 10.9. The highest BCUT2D eigenvalue weighted by atomic mass is 35.5. The topological polar surface area (TPSA) is 76.2 Å². The van der Waals surface area contributed by atoms with E-state index in [4.69, 9.17) is 32.7 Å². The van der Waals surface area contributed by atoms with E-state index in [1.54, 1.807) is 41.3 Å². The Balaban J connectivity index is 1.24. The minimum Gasteiger partial charge on any atom is -0.493 e. The zero-order valence-corrected chi connectivity index (χ0v) is 23.3. The fraction of sp³-hybridized carbons (Fsp3) is 0.207. The molecule has 39 heavy (non-hydrogen) atoms. The number of rotatable bonds is 7. The van der Waals surface area contributed by atoms with Gasteiger partial charge in [-0.2, -0.15) is 0 Å². The fourth-order valence-corrected chi connectivity index (χ4v) is 5.57. The average molecular weight is 583 g/mol. The smallest absolute Gasteiger partial charge is 0.294 e. The van der Waals surface area contributed by atoms with Gasteiger partial charge in [0.25, 0.3) is 11.1 Å². The van der Waals surface area contributed by atoms with Crippen molar-refractivity contribution in [3.63, 3.8) is 0 Å². The number of ether oxygens (including phenoxy) is 2. The third-order valence-electron chi connectivity index (χ3n) is 6.51. The number of amides is 3. The second-order valence-electron chi connectivity index (χ2n) is 9.05. The first-order valence-corrected chi connectivity index (χ1v) is 13.7. The van der Waals surface area contributed by atoms with Gasteiger partial charge in [0.2, 0.25) is 5.91 Å². The summed E-state index contributed by atoms with van der Waals surface area (Å²) in [5.41, 5.74) is 3.80.